The molecule has 1 heterocycles. The topological polar surface area (TPSA) is 27.7 Å². The van der Waals surface area contributed by atoms with Crippen LogP contribution in [0.5, 0.6) is 5.75 Å². The summed E-state index contributed by atoms with van der Waals surface area (Å²) in [6.07, 6.45) is 0. The van der Waals surface area contributed by atoms with Gasteiger partial charge in [0.1, 0.15) is 12.3 Å². The molecule has 0 aliphatic carbocycles. The Bertz CT molecular complexity index is 481. The number of likely N-dealkylation sites (N-methyl/N-ethyl adjacent to an activating group) is 1. The molecule has 0 aromatic heterocycles. The predicted molar refractivity (Wildman–Crippen MR) is 83.5 cm³/mol. The summed E-state index contributed by atoms with van der Waals surface area (Å²) in [6.45, 7) is 9.77. The summed E-state index contributed by atoms with van der Waals surface area (Å²) in [7, 11) is 2.26. The lowest BCUT2D eigenvalue weighted by molar-refractivity contribution is -0.906. The van der Waals surface area contributed by atoms with E-state index in [1.54, 1.807) is 0 Å². The zero-order valence-electron chi connectivity index (χ0n) is 13.5. The van der Waals surface area contributed by atoms with Gasteiger partial charge in [-0.15, -0.1) is 0 Å². The van der Waals surface area contributed by atoms with Crippen LogP contribution in [-0.2, 0) is 22.7 Å². The summed E-state index contributed by atoms with van der Waals surface area (Å²) in [6, 6.07) is 3.81. The van der Waals surface area contributed by atoms with Crippen molar-refractivity contribution in [3.05, 3.63) is 28.3 Å². The number of halogens is 2. The fourth-order valence-corrected chi connectivity index (χ4v) is 2.63. The highest BCUT2D eigenvalue weighted by Crippen LogP contribution is 2.32. The first-order chi connectivity index (χ1) is 10.1. The van der Waals surface area contributed by atoms with Crippen LogP contribution in [0.15, 0.2) is 12.1 Å². The van der Waals surface area contributed by atoms with Crippen LogP contribution < -0.4 is 28.7 Å². The SMILES string of the molecule is CC[N+](C)(CC)CCOCc1cc(Cl)cc2c1OCOC2.[I-]. The molecule has 22 heavy (non-hydrogen) atoms. The summed E-state index contributed by atoms with van der Waals surface area (Å²) in [5, 5.41) is 0.698. The molecule has 0 saturated heterocycles. The summed E-state index contributed by atoms with van der Waals surface area (Å²) in [4.78, 5) is 0. The van der Waals surface area contributed by atoms with Crippen molar-refractivity contribution in [1.82, 2.24) is 0 Å². The van der Waals surface area contributed by atoms with Gasteiger partial charge in [-0.1, -0.05) is 11.6 Å². The third-order valence-corrected chi connectivity index (χ3v) is 4.53. The quantitative estimate of drug-likeness (QED) is 0.344. The Balaban J connectivity index is 0.00000242. The van der Waals surface area contributed by atoms with E-state index in [0.717, 1.165) is 47.6 Å². The second-order valence-corrected chi connectivity index (χ2v) is 6.13. The number of rotatable bonds is 7. The maximum absolute atomic E-state index is 6.14. The zero-order valence-corrected chi connectivity index (χ0v) is 16.4. The Morgan fingerprint density at radius 1 is 1.27 bits per heavy atom. The smallest absolute Gasteiger partial charge is 0.189 e. The number of hydrogen-bond acceptors (Lipinski definition) is 3. The second-order valence-electron chi connectivity index (χ2n) is 5.69. The molecule has 0 atom stereocenters. The average Bonchev–Trinajstić information content (AvgIpc) is 2.51. The third-order valence-electron chi connectivity index (χ3n) is 4.31. The molecule has 4 nitrogen and oxygen atoms in total. The highest BCUT2D eigenvalue weighted by Gasteiger charge is 2.18. The molecule has 2 rings (SSSR count). The predicted octanol–water partition coefficient (Wildman–Crippen LogP) is 0.214. The van der Waals surface area contributed by atoms with Gasteiger partial charge in [0.25, 0.3) is 0 Å². The first-order valence-corrected chi connectivity index (χ1v) is 7.89. The van der Waals surface area contributed by atoms with E-state index in [4.69, 9.17) is 25.8 Å². The molecule has 0 bridgehead atoms. The fourth-order valence-electron chi connectivity index (χ4n) is 2.37. The highest BCUT2D eigenvalue weighted by atomic mass is 127. The van der Waals surface area contributed by atoms with Crippen molar-refractivity contribution in [3.63, 3.8) is 0 Å². The van der Waals surface area contributed by atoms with E-state index in [0.29, 0.717) is 25.0 Å². The molecule has 1 aliphatic rings. The Labute approximate surface area is 155 Å². The van der Waals surface area contributed by atoms with Crippen LogP contribution in [0.3, 0.4) is 0 Å². The lowest BCUT2D eigenvalue weighted by atomic mass is 10.1. The van der Waals surface area contributed by atoms with Crippen molar-refractivity contribution in [3.8, 4) is 5.75 Å². The normalized spacial score (nSPS) is 14.0. The Morgan fingerprint density at radius 2 is 2.00 bits per heavy atom. The van der Waals surface area contributed by atoms with Crippen LogP contribution in [0.25, 0.3) is 0 Å². The molecule has 1 aliphatic heterocycles. The van der Waals surface area contributed by atoms with E-state index in [-0.39, 0.29) is 24.0 Å². The minimum atomic E-state index is 0. The van der Waals surface area contributed by atoms with Gasteiger partial charge < -0.3 is 42.7 Å². The summed E-state index contributed by atoms with van der Waals surface area (Å²) >= 11 is 6.14. The first-order valence-electron chi connectivity index (χ1n) is 7.51. The third kappa shape index (κ3) is 5.23. The molecule has 1 aromatic rings. The van der Waals surface area contributed by atoms with Crippen molar-refractivity contribution < 1.29 is 42.7 Å². The minimum Gasteiger partial charge on any atom is -1.00 e. The van der Waals surface area contributed by atoms with Gasteiger partial charge in [0.2, 0.25) is 0 Å². The average molecular weight is 442 g/mol. The van der Waals surface area contributed by atoms with E-state index < -0.39 is 0 Å². The Hall–Kier alpha value is -0.0800. The molecule has 6 heteroatoms. The number of hydrogen-bond donors (Lipinski definition) is 0. The van der Waals surface area contributed by atoms with Crippen molar-refractivity contribution in [2.45, 2.75) is 27.1 Å². The van der Waals surface area contributed by atoms with Gasteiger partial charge in [-0.3, -0.25) is 0 Å². The van der Waals surface area contributed by atoms with E-state index in [1.165, 1.54) is 0 Å². The van der Waals surface area contributed by atoms with Crippen LogP contribution in [0.1, 0.15) is 25.0 Å². The van der Waals surface area contributed by atoms with Gasteiger partial charge in [-0.05, 0) is 26.0 Å². The van der Waals surface area contributed by atoms with Crippen molar-refractivity contribution in [2.24, 2.45) is 0 Å². The second kappa shape index (κ2) is 9.27. The van der Waals surface area contributed by atoms with Gasteiger partial charge in [0.05, 0.1) is 40.0 Å². The lowest BCUT2D eigenvalue weighted by Crippen LogP contribution is -3.00. The van der Waals surface area contributed by atoms with Crippen molar-refractivity contribution in [2.75, 3.05) is 40.1 Å². The molecule has 0 amide bonds. The van der Waals surface area contributed by atoms with Crippen LogP contribution >= 0.6 is 11.6 Å². The van der Waals surface area contributed by atoms with Crippen LogP contribution in [0.4, 0.5) is 0 Å². The molecule has 0 fully saturated rings. The maximum Gasteiger partial charge on any atom is 0.189 e. The summed E-state index contributed by atoms with van der Waals surface area (Å²) < 4.78 is 17.7. The molecule has 0 saturated carbocycles. The van der Waals surface area contributed by atoms with Gasteiger partial charge >= 0.3 is 0 Å². The van der Waals surface area contributed by atoms with Gasteiger partial charge in [0.15, 0.2) is 6.79 Å². The molecule has 126 valence electrons. The zero-order chi connectivity index (χ0) is 15.3. The number of fused-ring (bicyclic) bond motifs is 1. The molecule has 0 spiro atoms. The fraction of sp³-hybridized carbons (Fsp3) is 0.625. The molecule has 0 N–H and O–H groups in total. The summed E-state index contributed by atoms with van der Waals surface area (Å²) in [5.41, 5.74) is 2.00. The first kappa shape index (κ1) is 20.0. The summed E-state index contributed by atoms with van der Waals surface area (Å²) in [5.74, 6) is 0.869. The van der Waals surface area contributed by atoms with E-state index in [1.807, 2.05) is 12.1 Å². The molecule has 1 aromatic carbocycles. The monoisotopic (exact) mass is 441 g/mol. The molecular weight excluding hydrogens is 417 g/mol. The van der Waals surface area contributed by atoms with Crippen molar-refractivity contribution in [1.29, 1.82) is 0 Å². The van der Waals surface area contributed by atoms with E-state index in [9.17, 15) is 0 Å². The number of quaternary nitrogens is 1. The molecular formula is C16H25ClINO3. The largest absolute Gasteiger partial charge is 1.00 e. The number of benzene rings is 1. The Kier molecular flexibility index (Phi) is 8.42. The highest BCUT2D eigenvalue weighted by molar-refractivity contribution is 6.30. The van der Waals surface area contributed by atoms with Crippen molar-refractivity contribution >= 4 is 11.6 Å². The van der Waals surface area contributed by atoms with Crippen LogP contribution in [0, 0.1) is 0 Å². The number of nitrogens with zero attached hydrogens (tertiary/aromatic N) is 1. The van der Waals surface area contributed by atoms with Crippen LogP contribution in [-0.4, -0.2) is 44.6 Å². The Morgan fingerprint density at radius 3 is 2.68 bits per heavy atom. The minimum absolute atomic E-state index is 0. The van der Waals surface area contributed by atoms with Gasteiger partial charge in [-0.2, -0.15) is 0 Å². The maximum atomic E-state index is 6.14. The van der Waals surface area contributed by atoms with Crippen LogP contribution in [0.2, 0.25) is 5.02 Å². The standard InChI is InChI=1S/C16H25ClNO3.HI/c1-4-18(3,5-2)6-7-19-10-13-8-15(17)9-14-11-20-12-21-16(13)14;/h8-9H,4-7,10-12H2,1-3H3;1H/q+1;/p-1. The van der Waals surface area contributed by atoms with Gasteiger partial charge in [-0.25, -0.2) is 0 Å². The number of ether oxygens (including phenoxy) is 3. The molecule has 0 radical (unpaired) electrons. The molecule has 0 unspecified atom stereocenters. The van der Waals surface area contributed by atoms with E-state index in [2.05, 4.69) is 20.9 Å². The van der Waals surface area contributed by atoms with Gasteiger partial charge in [0, 0.05) is 16.1 Å². The van der Waals surface area contributed by atoms with E-state index >= 15 is 0 Å². The lowest BCUT2D eigenvalue weighted by Gasteiger charge is -2.32.